The van der Waals surface area contributed by atoms with Crippen LogP contribution in [0.2, 0.25) is 0 Å². The van der Waals surface area contributed by atoms with Gasteiger partial charge in [0.25, 0.3) is 5.91 Å². The van der Waals surface area contributed by atoms with Gasteiger partial charge in [0, 0.05) is 23.5 Å². The molecule has 12 heteroatoms. The van der Waals surface area contributed by atoms with Crippen LogP contribution in [-0.4, -0.2) is 36.1 Å². The molecule has 0 spiro atoms. The van der Waals surface area contributed by atoms with Crippen LogP contribution in [0.25, 0.3) is 22.3 Å². The molecule has 52 heavy (non-hydrogen) atoms. The molecule has 0 atom stereocenters. The molecule has 1 heterocycles. The summed E-state index contributed by atoms with van der Waals surface area (Å²) in [5.41, 5.74) is 3.69. The molecule has 0 fully saturated rings. The van der Waals surface area contributed by atoms with Gasteiger partial charge in [-0.15, -0.1) is 0 Å². The van der Waals surface area contributed by atoms with Gasteiger partial charge in [0.15, 0.2) is 0 Å². The minimum absolute atomic E-state index is 0.137. The average Bonchev–Trinajstić information content (AvgIpc) is 3.40. The Morgan fingerprint density at radius 1 is 0.712 bits per heavy atom. The molecule has 0 bridgehead atoms. The van der Waals surface area contributed by atoms with Crippen LogP contribution in [0, 0.1) is 0 Å². The number of anilines is 1. The Kier molecular flexibility index (Phi) is 10.4. The van der Waals surface area contributed by atoms with Gasteiger partial charge in [0.2, 0.25) is 11.8 Å². The Morgan fingerprint density at radius 3 is 1.92 bits per heavy atom. The van der Waals surface area contributed by atoms with Gasteiger partial charge in [-0.1, -0.05) is 78.9 Å². The fraction of sp³-hybridized carbons (Fsp3) is 0.225. The Bertz CT molecular complexity index is 2000. The predicted octanol–water partition coefficient (Wildman–Crippen LogP) is 9.60. The van der Waals surface area contributed by atoms with E-state index in [-0.39, 0.29) is 18.6 Å². The van der Waals surface area contributed by atoms with Crippen molar-refractivity contribution in [3.05, 3.63) is 138 Å². The summed E-state index contributed by atoms with van der Waals surface area (Å²) in [4.78, 5) is 30.4. The van der Waals surface area contributed by atoms with E-state index in [0.717, 1.165) is 34.4 Å². The molecule has 1 aliphatic rings. The van der Waals surface area contributed by atoms with Crippen LogP contribution >= 0.6 is 0 Å². The Balaban J connectivity index is 1.07. The van der Waals surface area contributed by atoms with Crippen molar-refractivity contribution < 1.29 is 40.7 Å². The number of nitrogens with one attached hydrogen (secondary N) is 2. The van der Waals surface area contributed by atoms with Crippen LogP contribution in [0.5, 0.6) is 5.88 Å². The van der Waals surface area contributed by atoms with Gasteiger partial charge < -0.3 is 15.4 Å². The number of unbranched alkanes of at least 4 members (excludes halogenated alkanes) is 1. The summed E-state index contributed by atoms with van der Waals surface area (Å²) in [5, 5.41) is 4.80. The molecule has 5 aromatic rings. The van der Waals surface area contributed by atoms with Gasteiger partial charge in [0.1, 0.15) is 6.54 Å². The number of rotatable bonds is 12. The van der Waals surface area contributed by atoms with E-state index in [0.29, 0.717) is 42.0 Å². The summed E-state index contributed by atoms with van der Waals surface area (Å²) in [6.07, 6.45) is -6.04. The van der Waals surface area contributed by atoms with Crippen LogP contribution in [0.15, 0.2) is 115 Å². The third kappa shape index (κ3) is 8.11. The summed E-state index contributed by atoms with van der Waals surface area (Å²) >= 11 is 0. The first-order chi connectivity index (χ1) is 24.8. The normalized spacial score (nSPS) is 13.2. The third-order valence-electron chi connectivity index (χ3n) is 9.06. The fourth-order valence-corrected chi connectivity index (χ4v) is 6.71. The maximum atomic E-state index is 13.2. The molecule has 0 radical (unpaired) electrons. The van der Waals surface area contributed by atoms with E-state index in [1.165, 1.54) is 18.3 Å². The summed E-state index contributed by atoms with van der Waals surface area (Å²) in [5.74, 6) is -0.845. The maximum Gasteiger partial charge on any atom is 0.416 e. The van der Waals surface area contributed by atoms with Crippen LogP contribution < -0.4 is 15.4 Å². The van der Waals surface area contributed by atoms with Gasteiger partial charge in [-0.2, -0.15) is 26.3 Å². The summed E-state index contributed by atoms with van der Waals surface area (Å²) in [6.45, 7) is -1.12. The highest BCUT2D eigenvalue weighted by Gasteiger charge is 2.44. The highest BCUT2D eigenvalue weighted by molar-refractivity contribution is 6.08. The van der Waals surface area contributed by atoms with Crippen molar-refractivity contribution in [3.8, 4) is 28.1 Å². The minimum Gasteiger partial charge on any atom is -0.478 e. The quantitative estimate of drug-likeness (QED) is 0.0996. The summed E-state index contributed by atoms with van der Waals surface area (Å²) in [6, 6.07) is 29.7. The molecule has 6 nitrogen and oxygen atoms in total. The number of alkyl halides is 6. The van der Waals surface area contributed by atoms with Crippen molar-refractivity contribution in [3.63, 3.8) is 0 Å². The molecule has 268 valence electrons. The largest absolute Gasteiger partial charge is 0.478 e. The van der Waals surface area contributed by atoms with E-state index in [1.807, 2.05) is 53.8 Å². The van der Waals surface area contributed by atoms with E-state index in [9.17, 15) is 35.9 Å². The van der Waals surface area contributed by atoms with E-state index < -0.39 is 41.7 Å². The number of ether oxygens (including phenoxy) is 1. The number of nitrogens with zero attached hydrogens (tertiary/aromatic N) is 1. The van der Waals surface area contributed by atoms with Gasteiger partial charge >= 0.3 is 12.4 Å². The van der Waals surface area contributed by atoms with Gasteiger partial charge in [-0.3, -0.25) is 9.59 Å². The summed E-state index contributed by atoms with van der Waals surface area (Å²) < 4.78 is 83.7. The van der Waals surface area contributed by atoms with E-state index >= 15 is 0 Å². The molecule has 6 rings (SSSR count). The lowest BCUT2D eigenvalue weighted by molar-refractivity contribution is -0.139. The molecule has 1 aromatic heterocycles. The first-order valence-electron chi connectivity index (χ1n) is 16.5. The number of aromatic nitrogens is 1. The third-order valence-corrected chi connectivity index (χ3v) is 9.06. The number of fused-ring (bicyclic) bond motifs is 3. The SMILES string of the molecule is O=C(CC1(CCCCOc2ccc(NC(=O)c3ccccc3-c3ccc(C(F)(F)F)cc3)cn2)c2ccccc2-c2ccccc21)NCC(F)(F)F. The van der Waals surface area contributed by atoms with Crippen molar-refractivity contribution in [1.29, 1.82) is 0 Å². The second-order valence-corrected chi connectivity index (χ2v) is 12.5. The van der Waals surface area contributed by atoms with Crippen molar-refractivity contribution in [2.45, 2.75) is 43.5 Å². The minimum atomic E-state index is -4.52. The van der Waals surface area contributed by atoms with Crippen LogP contribution in [-0.2, 0) is 16.4 Å². The number of hydrogen-bond acceptors (Lipinski definition) is 4. The van der Waals surface area contributed by atoms with E-state index in [2.05, 4.69) is 10.3 Å². The van der Waals surface area contributed by atoms with Crippen molar-refractivity contribution in [2.75, 3.05) is 18.5 Å². The number of hydrogen-bond donors (Lipinski definition) is 2. The molecule has 0 saturated heterocycles. The van der Waals surface area contributed by atoms with Gasteiger partial charge in [-0.25, -0.2) is 4.98 Å². The average molecular weight is 718 g/mol. The number of halogens is 6. The summed E-state index contributed by atoms with van der Waals surface area (Å²) in [7, 11) is 0. The second-order valence-electron chi connectivity index (χ2n) is 12.5. The molecule has 0 unspecified atom stereocenters. The Morgan fingerprint density at radius 2 is 1.33 bits per heavy atom. The number of pyridine rings is 1. The molecule has 2 amide bonds. The van der Waals surface area contributed by atoms with E-state index in [1.54, 1.807) is 36.4 Å². The Labute approximate surface area is 295 Å². The first kappa shape index (κ1) is 36.2. The number of carbonyl (C=O) groups is 2. The maximum absolute atomic E-state index is 13.2. The lowest BCUT2D eigenvalue weighted by Gasteiger charge is -2.32. The lowest BCUT2D eigenvalue weighted by Crippen LogP contribution is -2.39. The number of amides is 2. The highest BCUT2D eigenvalue weighted by atomic mass is 19.4. The van der Waals surface area contributed by atoms with Crippen molar-refractivity contribution in [2.24, 2.45) is 0 Å². The molecule has 0 saturated carbocycles. The topological polar surface area (TPSA) is 80.3 Å². The number of benzene rings is 4. The van der Waals surface area contributed by atoms with E-state index in [4.69, 9.17) is 4.74 Å². The van der Waals surface area contributed by atoms with Gasteiger partial charge in [0.05, 0.1) is 24.1 Å². The smallest absolute Gasteiger partial charge is 0.416 e. The second kappa shape index (κ2) is 14.9. The van der Waals surface area contributed by atoms with Crippen molar-refractivity contribution in [1.82, 2.24) is 10.3 Å². The zero-order valence-electron chi connectivity index (χ0n) is 27.7. The highest BCUT2D eigenvalue weighted by Crippen LogP contribution is 2.53. The van der Waals surface area contributed by atoms with Crippen LogP contribution in [0.4, 0.5) is 32.0 Å². The number of carbonyl (C=O) groups excluding carboxylic acids is 2. The lowest BCUT2D eigenvalue weighted by atomic mass is 9.71. The molecular weight excluding hydrogens is 684 g/mol. The monoisotopic (exact) mass is 717 g/mol. The zero-order valence-corrected chi connectivity index (χ0v) is 27.7. The molecule has 2 N–H and O–H groups in total. The zero-order chi connectivity index (χ0) is 36.9. The van der Waals surface area contributed by atoms with Crippen LogP contribution in [0.1, 0.15) is 52.7 Å². The van der Waals surface area contributed by atoms with Gasteiger partial charge in [-0.05, 0) is 76.9 Å². The predicted molar refractivity (Wildman–Crippen MR) is 185 cm³/mol. The fourth-order valence-electron chi connectivity index (χ4n) is 6.71. The molecule has 0 aliphatic heterocycles. The standard InChI is InChI=1S/C40H33F6N3O3/c41-39(42,43)25-48-35(50)23-38(33-13-5-3-10-30(33)31-11-4-6-14-34(31)38)21-7-8-22-52-36-20-19-28(24-47-36)49-37(51)32-12-2-1-9-29(32)26-15-17-27(18-16-26)40(44,45)46/h1-6,9-20,24H,7-8,21-23,25H2,(H,48,50)(H,49,51). The molecule has 4 aromatic carbocycles. The van der Waals surface area contributed by atoms with Crippen LogP contribution in [0.3, 0.4) is 0 Å². The molecule has 1 aliphatic carbocycles. The molecular formula is C40H33F6N3O3. The van der Waals surface area contributed by atoms with Crippen molar-refractivity contribution >= 4 is 17.5 Å². The first-order valence-corrected chi connectivity index (χ1v) is 16.5. The Hall–Kier alpha value is -5.65.